The molecular formula is C48H65ClN2O11. The standard InChI is InChI=1S/C22H25NO4.C15H25NO4.C11H14O3.ClH/c1-5-16-20(25-3)10-14(11-21(16)26-4)9-15-12-23-13-18-17(15)7-8-19(22(18)24)27-6-2;1-4-18-13-9-7-8-12(15(13)17)10-16-11-14(19-5-2)20-6-3;1-4-9-10(13-2)5-8(7-12)6-11(9)14-3;/h7-8,10-13,24H,5-6,9H2,1-4H3;7-9,14,16-17H,4-6,10-11H2,1-3H3;5-7H,4H2,1-3H3;1H. The van der Waals surface area contributed by atoms with E-state index in [0.29, 0.717) is 79.9 Å². The largest absolute Gasteiger partial charge is 0.504 e. The van der Waals surface area contributed by atoms with Crippen molar-refractivity contribution >= 4 is 29.5 Å². The number of hydrogen-bond donors (Lipinski definition) is 3. The van der Waals surface area contributed by atoms with E-state index >= 15 is 0 Å². The number of hydrogen-bond acceptors (Lipinski definition) is 13. The maximum absolute atomic E-state index is 10.6. The summed E-state index contributed by atoms with van der Waals surface area (Å²) in [5.41, 5.74) is 5.47. The quantitative estimate of drug-likeness (QED) is 0.0474. The number of aromatic hydroxyl groups is 2. The molecular weight excluding hydrogens is 816 g/mol. The van der Waals surface area contributed by atoms with Crippen molar-refractivity contribution in [3.63, 3.8) is 0 Å². The number of rotatable bonds is 21. The number of carbonyl (C=O) groups excluding carboxylic acids is 1. The summed E-state index contributed by atoms with van der Waals surface area (Å²) in [7, 11) is 6.51. The molecule has 14 heteroatoms. The van der Waals surface area contributed by atoms with Crippen LogP contribution in [-0.4, -0.2) is 89.2 Å². The Kier molecular flexibility index (Phi) is 23.9. The summed E-state index contributed by atoms with van der Waals surface area (Å²) in [5.74, 6) is 4.34. The maximum Gasteiger partial charge on any atom is 0.169 e. The molecule has 3 N–H and O–H groups in total. The van der Waals surface area contributed by atoms with E-state index in [1.54, 1.807) is 58.9 Å². The van der Waals surface area contributed by atoms with Crippen molar-refractivity contribution in [1.82, 2.24) is 10.3 Å². The van der Waals surface area contributed by atoms with Crippen molar-refractivity contribution in [2.24, 2.45) is 0 Å². The molecule has 0 aliphatic carbocycles. The lowest BCUT2D eigenvalue weighted by atomic mass is 9.98. The number of ether oxygens (including phenoxy) is 8. The van der Waals surface area contributed by atoms with Crippen LogP contribution in [-0.2, 0) is 35.3 Å². The average Bonchev–Trinajstić information content (AvgIpc) is 3.28. The second kappa shape index (κ2) is 28.2. The molecule has 0 aliphatic heterocycles. The lowest BCUT2D eigenvalue weighted by Gasteiger charge is -2.18. The summed E-state index contributed by atoms with van der Waals surface area (Å²) < 4.78 is 43.2. The summed E-state index contributed by atoms with van der Waals surface area (Å²) in [6, 6.07) is 16.8. The van der Waals surface area contributed by atoms with Gasteiger partial charge in [0.15, 0.2) is 29.3 Å². The summed E-state index contributed by atoms with van der Waals surface area (Å²) in [6.07, 6.45) is 6.30. The van der Waals surface area contributed by atoms with Gasteiger partial charge in [-0.15, -0.1) is 12.4 Å². The predicted molar refractivity (Wildman–Crippen MR) is 246 cm³/mol. The van der Waals surface area contributed by atoms with Gasteiger partial charge < -0.3 is 53.4 Å². The number of halogens is 1. The Morgan fingerprint density at radius 3 is 1.65 bits per heavy atom. The monoisotopic (exact) mass is 880 g/mol. The van der Waals surface area contributed by atoms with Crippen molar-refractivity contribution in [3.05, 3.63) is 100 Å². The van der Waals surface area contributed by atoms with E-state index in [1.807, 2.05) is 71.1 Å². The van der Waals surface area contributed by atoms with E-state index in [0.717, 1.165) is 63.8 Å². The van der Waals surface area contributed by atoms with Crippen LogP contribution in [0.2, 0.25) is 0 Å². The normalized spacial score (nSPS) is 10.4. The second-order valence-electron chi connectivity index (χ2n) is 13.3. The third-order valence-electron chi connectivity index (χ3n) is 9.51. The number of aldehydes is 1. The van der Waals surface area contributed by atoms with Gasteiger partial charge in [-0.25, -0.2) is 0 Å². The number of nitrogens with zero attached hydrogens (tertiary/aromatic N) is 1. The van der Waals surface area contributed by atoms with E-state index in [1.165, 1.54) is 0 Å². The zero-order chi connectivity index (χ0) is 44.7. The SMILES string of the molecule is CCOc1ccc2c(Cc3cc(OC)c(CC)c(OC)c3)cncc2c1O.CCOc1cccc(CNCC(OCC)OCC)c1O.CCc1c(OC)cc(C=O)cc1OC.Cl. The molecule has 0 saturated heterocycles. The van der Waals surface area contributed by atoms with E-state index < -0.39 is 0 Å². The first-order valence-electron chi connectivity index (χ1n) is 20.6. The molecule has 0 atom stereocenters. The Balaban J connectivity index is 0.000000335. The van der Waals surface area contributed by atoms with Gasteiger partial charge in [0, 0.05) is 66.3 Å². The Hall–Kier alpha value is -5.47. The molecule has 0 fully saturated rings. The van der Waals surface area contributed by atoms with Crippen LogP contribution in [0.4, 0.5) is 0 Å². The first kappa shape index (κ1) is 52.7. The lowest BCUT2D eigenvalue weighted by molar-refractivity contribution is -0.133. The summed E-state index contributed by atoms with van der Waals surface area (Å²) in [5, 5.41) is 25.4. The van der Waals surface area contributed by atoms with Crippen LogP contribution >= 0.6 is 12.4 Å². The Morgan fingerprint density at radius 1 is 0.629 bits per heavy atom. The van der Waals surface area contributed by atoms with Crippen LogP contribution in [0.3, 0.4) is 0 Å². The highest BCUT2D eigenvalue weighted by Gasteiger charge is 2.16. The van der Waals surface area contributed by atoms with E-state index in [-0.39, 0.29) is 30.2 Å². The van der Waals surface area contributed by atoms with Gasteiger partial charge in [0.05, 0.1) is 41.7 Å². The fourth-order valence-corrected chi connectivity index (χ4v) is 6.66. The minimum absolute atomic E-state index is 0. The van der Waals surface area contributed by atoms with Crippen molar-refractivity contribution in [3.8, 4) is 46.0 Å². The van der Waals surface area contributed by atoms with E-state index in [4.69, 9.17) is 37.9 Å². The molecule has 0 spiro atoms. The number of nitrogens with one attached hydrogen (secondary N) is 1. The van der Waals surface area contributed by atoms with Crippen LogP contribution < -0.4 is 33.7 Å². The van der Waals surface area contributed by atoms with Gasteiger partial charge in [0.25, 0.3) is 0 Å². The number of phenolic OH excluding ortho intramolecular Hbond substituents is 2. The number of para-hydroxylation sites is 1. The molecule has 0 saturated carbocycles. The van der Waals surface area contributed by atoms with Gasteiger partial charge in [0.1, 0.15) is 29.3 Å². The fourth-order valence-electron chi connectivity index (χ4n) is 6.66. The maximum atomic E-state index is 10.6. The molecule has 5 rings (SSSR count). The van der Waals surface area contributed by atoms with Crippen LogP contribution in [0.25, 0.3) is 10.8 Å². The summed E-state index contributed by atoms with van der Waals surface area (Å²) in [6.45, 7) is 15.1. The molecule has 13 nitrogen and oxygen atoms in total. The van der Waals surface area contributed by atoms with Gasteiger partial charge in [0.2, 0.25) is 0 Å². The number of methoxy groups -OCH3 is 4. The average molecular weight is 882 g/mol. The van der Waals surface area contributed by atoms with Gasteiger partial charge in [-0.2, -0.15) is 0 Å². The first-order chi connectivity index (χ1) is 29.6. The third kappa shape index (κ3) is 14.6. The third-order valence-corrected chi connectivity index (χ3v) is 9.51. The highest BCUT2D eigenvalue weighted by Crippen LogP contribution is 2.37. The minimum Gasteiger partial charge on any atom is -0.504 e. The topological polar surface area (TPSA) is 156 Å². The molecule has 1 heterocycles. The van der Waals surface area contributed by atoms with E-state index in [9.17, 15) is 15.0 Å². The number of fused-ring (bicyclic) bond motifs is 1. The van der Waals surface area contributed by atoms with Crippen LogP contribution in [0.5, 0.6) is 46.0 Å². The van der Waals surface area contributed by atoms with Gasteiger partial charge in [-0.05, 0) is 99.9 Å². The number of phenols is 2. The van der Waals surface area contributed by atoms with Crippen LogP contribution in [0.15, 0.2) is 67.0 Å². The number of benzene rings is 4. The van der Waals surface area contributed by atoms with Gasteiger partial charge >= 0.3 is 0 Å². The van der Waals surface area contributed by atoms with Gasteiger partial charge in [-0.3, -0.25) is 9.78 Å². The molecule has 0 bridgehead atoms. The van der Waals surface area contributed by atoms with Crippen LogP contribution in [0, 0.1) is 0 Å². The molecule has 4 aromatic carbocycles. The van der Waals surface area contributed by atoms with Crippen LogP contribution in [0.1, 0.15) is 79.7 Å². The number of carbonyl (C=O) groups is 1. The van der Waals surface area contributed by atoms with Gasteiger partial charge in [-0.1, -0.05) is 32.0 Å². The van der Waals surface area contributed by atoms with Crippen molar-refractivity contribution in [2.45, 2.75) is 73.6 Å². The second-order valence-corrected chi connectivity index (χ2v) is 13.3. The highest BCUT2D eigenvalue weighted by atomic mass is 35.5. The molecule has 340 valence electrons. The Bertz CT molecular complexity index is 2060. The Labute approximate surface area is 373 Å². The molecule has 0 aliphatic rings. The molecule has 5 aromatic rings. The van der Waals surface area contributed by atoms with Crippen molar-refractivity contribution < 1.29 is 52.9 Å². The lowest BCUT2D eigenvalue weighted by Crippen LogP contribution is -2.31. The molecule has 0 unspecified atom stereocenters. The number of pyridine rings is 1. The number of aromatic nitrogens is 1. The fraction of sp³-hybridized carbons (Fsp3) is 0.417. The van der Waals surface area contributed by atoms with Crippen molar-refractivity contribution in [1.29, 1.82) is 0 Å². The summed E-state index contributed by atoms with van der Waals surface area (Å²) in [4.78, 5) is 14.9. The smallest absolute Gasteiger partial charge is 0.169 e. The predicted octanol–water partition coefficient (Wildman–Crippen LogP) is 9.29. The molecule has 0 radical (unpaired) electrons. The van der Waals surface area contributed by atoms with E-state index in [2.05, 4.69) is 17.2 Å². The molecule has 62 heavy (non-hydrogen) atoms. The van der Waals surface area contributed by atoms with Crippen molar-refractivity contribution in [2.75, 3.05) is 61.4 Å². The Morgan fingerprint density at radius 2 is 1.16 bits per heavy atom. The molecule has 0 amide bonds. The summed E-state index contributed by atoms with van der Waals surface area (Å²) >= 11 is 0. The molecule has 1 aromatic heterocycles. The highest BCUT2D eigenvalue weighted by molar-refractivity contribution is 5.92. The zero-order valence-corrected chi connectivity index (χ0v) is 38.6. The minimum atomic E-state index is -0.262. The first-order valence-corrected chi connectivity index (χ1v) is 20.6. The zero-order valence-electron chi connectivity index (χ0n) is 37.8.